The van der Waals surface area contributed by atoms with E-state index in [4.69, 9.17) is 17.3 Å². The van der Waals surface area contributed by atoms with Gasteiger partial charge in [0.15, 0.2) is 5.82 Å². The van der Waals surface area contributed by atoms with Gasteiger partial charge in [0.25, 0.3) is 0 Å². The third-order valence-electron chi connectivity index (χ3n) is 2.81. The molecular formula is C11H17ClN4. The molecule has 4 nitrogen and oxygen atoms in total. The monoisotopic (exact) mass is 240 g/mol. The number of aromatic nitrogens is 2. The first kappa shape index (κ1) is 11.5. The maximum absolute atomic E-state index is 6.02. The Morgan fingerprint density at radius 1 is 1.44 bits per heavy atom. The average molecular weight is 241 g/mol. The van der Waals surface area contributed by atoms with Gasteiger partial charge in [-0.25, -0.2) is 4.98 Å². The molecule has 5 heteroatoms. The van der Waals surface area contributed by atoms with E-state index in [1.165, 1.54) is 12.8 Å². The minimum atomic E-state index is 0.281. The Kier molecular flexibility index (Phi) is 3.19. The summed E-state index contributed by atoms with van der Waals surface area (Å²) in [6, 6.07) is 0.590. The first-order chi connectivity index (χ1) is 7.63. The molecule has 0 radical (unpaired) electrons. The van der Waals surface area contributed by atoms with E-state index in [1.54, 1.807) is 0 Å². The highest BCUT2D eigenvalue weighted by Gasteiger charge is 2.31. The number of anilines is 2. The van der Waals surface area contributed by atoms with Crippen LogP contribution in [-0.4, -0.2) is 22.6 Å². The summed E-state index contributed by atoms with van der Waals surface area (Å²) >= 11 is 5.89. The molecule has 0 saturated heterocycles. The van der Waals surface area contributed by atoms with Crippen molar-refractivity contribution in [2.45, 2.75) is 39.2 Å². The maximum Gasteiger partial charge on any atom is 0.224 e. The van der Waals surface area contributed by atoms with Gasteiger partial charge in [-0.2, -0.15) is 4.98 Å². The highest BCUT2D eigenvalue weighted by Crippen LogP contribution is 2.34. The van der Waals surface area contributed by atoms with E-state index in [0.29, 0.717) is 11.7 Å². The summed E-state index contributed by atoms with van der Waals surface area (Å²) in [7, 11) is 0. The molecule has 0 spiro atoms. The smallest absolute Gasteiger partial charge is 0.224 e. The van der Waals surface area contributed by atoms with Crippen molar-refractivity contribution in [3.8, 4) is 0 Å². The second-order valence-corrected chi connectivity index (χ2v) is 4.58. The van der Waals surface area contributed by atoms with Crippen LogP contribution in [-0.2, 0) is 0 Å². The fourth-order valence-electron chi connectivity index (χ4n) is 1.84. The van der Waals surface area contributed by atoms with E-state index < -0.39 is 0 Å². The number of aryl methyl sites for hydroxylation is 1. The van der Waals surface area contributed by atoms with Crippen LogP contribution in [0, 0.1) is 6.92 Å². The second-order valence-electron chi connectivity index (χ2n) is 4.24. The lowest BCUT2D eigenvalue weighted by molar-refractivity contribution is 0.749. The average Bonchev–Trinajstić information content (AvgIpc) is 3.04. The van der Waals surface area contributed by atoms with Crippen LogP contribution < -0.4 is 10.6 Å². The van der Waals surface area contributed by atoms with Crippen LogP contribution >= 0.6 is 11.6 Å². The normalized spacial score (nSPS) is 15.2. The van der Waals surface area contributed by atoms with E-state index in [-0.39, 0.29) is 5.28 Å². The van der Waals surface area contributed by atoms with Gasteiger partial charge in [0, 0.05) is 12.6 Å². The molecule has 0 bridgehead atoms. The van der Waals surface area contributed by atoms with Gasteiger partial charge in [-0.1, -0.05) is 6.92 Å². The number of rotatable bonds is 4. The number of hydrogen-bond donors (Lipinski definition) is 1. The molecule has 0 aliphatic heterocycles. The van der Waals surface area contributed by atoms with Gasteiger partial charge in [0.2, 0.25) is 5.28 Å². The van der Waals surface area contributed by atoms with Crippen LogP contribution in [0.15, 0.2) is 0 Å². The lowest BCUT2D eigenvalue weighted by Crippen LogP contribution is -2.28. The molecule has 1 aliphatic carbocycles. The van der Waals surface area contributed by atoms with E-state index in [0.717, 1.165) is 24.5 Å². The van der Waals surface area contributed by atoms with E-state index in [9.17, 15) is 0 Å². The zero-order valence-corrected chi connectivity index (χ0v) is 10.5. The highest BCUT2D eigenvalue weighted by molar-refractivity contribution is 6.28. The van der Waals surface area contributed by atoms with Gasteiger partial charge in [0.05, 0.1) is 11.4 Å². The van der Waals surface area contributed by atoms with Gasteiger partial charge in [-0.15, -0.1) is 0 Å². The van der Waals surface area contributed by atoms with Crippen LogP contribution in [0.5, 0.6) is 0 Å². The molecule has 16 heavy (non-hydrogen) atoms. The van der Waals surface area contributed by atoms with Crippen molar-refractivity contribution >= 4 is 23.1 Å². The fraction of sp³-hybridized carbons (Fsp3) is 0.636. The van der Waals surface area contributed by atoms with Crippen molar-refractivity contribution in [3.05, 3.63) is 11.0 Å². The zero-order chi connectivity index (χ0) is 11.7. The summed E-state index contributed by atoms with van der Waals surface area (Å²) < 4.78 is 0. The van der Waals surface area contributed by atoms with Crippen LogP contribution in [0.2, 0.25) is 5.28 Å². The van der Waals surface area contributed by atoms with Crippen LogP contribution in [0.1, 0.15) is 31.9 Å². The Hall–Kier alpha value is -1.03. The molecule has 2 N–H and O–H groups in total. The molecule has 1 aliphatic rings. The number of nitrogens with two attached hydrogens (primary N) is 1. The summed E-state index contributed by atoms with van der Waals surface area (Å²) in [5.41, 5.74) is 7.44. The van der Waals surface area contributed by atoms with Gasteiger partial charge in [0.1, 0.15) is 0 Å². The highest BCUT2D eigenvalue weighted by atomic mass is 35.5. The number of nitrogens with zero attached hydrogens (tertiary/aromatic N) is 3. The fourth-order valence-corrected chi connectivity index (χ4v) is 2.05. The van der Waals surface area contributed by atoms with Crippen molar-refractivity contribution in [2.24, 2.45) is 0 Å². The SMILES string of the molecule is CCCN(c1nc(Cl)nc(C)c1N)C1CC1. The predicted octanol–water partition coefficient (Wildman–Crippen LogP) is 2.40. The second kappa shape index (κ2) is 4.45. The van der Waals surface area contributed by atoms with Crippen molar-refractivity contribution in [2.75, 3.05) is 17.2 Å². The van der Waals surface area contributed by atoms with Crippen LogP contribution in [0.4, 0.5) is 11.5 Å². The van der Waals surface area contributed by atoms with Crippen molar-refractivity contribution in [3.63, 3.8) is 0 Å². The maximum atomic E-state index is 6.02. The molecule has 0 aromatic carbocycles. The summed E-state index contributed by atoms with van der Waals surface area (Å²) in [6.07, 6.45) is 3.52. The Morgan fingerprint density at radius 3 is 2.69 bits per heavy atom. The molecule has 2 rings (SSSR count). The van der Waals surface area contributed by atoms with E-state index in [2.05, 4.69) is 21.8 Å². The molecular weight excluding hydrogens is 224 g/mol. The summed E-state index contributed by atoms with van der Waals surface area (Å²) in [4.78, 5) is 10.6. The molecule has 1 aromatic heterocycles. The minimum Gasteiger partial charge on any atom is -0.394 e. The Bertz CT molecular complexity index is 390. The molecule has 88 valence electrons. The third kappa shape index (κ3) is 2.21. The molecule has 0 atom stereocenters. The minimum absolute atomic E-state index is 0.281. The third-order valence-corrected chi connectivity index (χ3v) is 2.98. The van der Waals surface area contributed by atoms with Gasteiger partial charge >= 0.3 is 0 Å². The van der Waals surface area contributed by atoms with E-state index >= 15 is 0 Å². The summed E-state index contributed by atoms with van der Waals surface area (Å²) in [5, 5.41) is 0.281. The van der Waals surface area contributed by atoms with E-state index in [1.807, 2.05) is 6.92 Å². The van der Waals surface area contributed by atoms with Crippen molar-refractivity contribution in [1.82, 2.24) is 9.97 Å². The molecule has 1 fully saturated rings. The quantitative estimate of drug-likeness (QED) is 0.822. The van der Waals surface area contributed by atoms with Gasteiger partial charge in [-0.05, 0) is 37.8 Å². The topological polar surface area (TPSA) is 55.0 Å². The molecule has 1 heterocycles. The summed E-state index contributed by atoms with van der Waals surface area (Å²) in [5.74, 6) is 0.807. The molecule has 1 aromatic rings. The van der Waals surface area contributed by atoms with Crippen LogP contribution in [0.3, 0.4) is 0 Å². The largest absolute Gasteiger partial charge is 0.394 e. The predicted molar refractivity (Wildman–Crippen MR) is 66.9 cm³/mol. The Labute approximate surface area is 101 Å². The van der Waals surface area contributed by atoms with Crippen molar-refractivity contribution in [1.29, 1.82) is 0 Å². The lowest BCUT2D eigenvalue weighted by Gasteiger charge is -2.24. The first-order valence-electron chi connectivity index (χ1n) is 5.69. The first-order valence-corrected chi connectivity index (χ1v) is 6.07. The summed E-state index contributed by atoms with van der Waals surface area (Å²) in [6.45, 7) is 4.99. The van der Waals surface area contributed by atoms with Gasteiger partial charge in [-0.3, -0.25) is 0 Å². The number of nitrogen functional groups attached to an aromatic ring is 1. The number of halogens is 1. The molecule has 0 amide bonds. The lowest BCUT2D eigenvalue weighted by atomic mass is 10.3. The zero-order valence-electron chi connectivity index (χ0n) is 9.70. The standard InChI is InChI=1S/C11H17ClN4/c1-3-6-16(8-4-5-8)10-9(13)7(2)14-11(12)15-10/h8H,3-6,13H2,1-2H3. The molecule has 1 saturated carbocycles. The van der Waals surface area contributed by atoms with Crippen LogP contribution in [0.25, 0.3) is 0 Å². The number of hydrogen-bond acceptors (Lipinski definition) is 4. The van der Waals surface area contributed by atoms with Gasteiger partial charge < -0.3 is 10.6 Å². The molecule has 0 unspecified atom stereocenters. The Balaban J connectivity index is 2.35. The Morgan fingerprint density at radius 2 is 2.12 bits per heavy atom. The van der Waals surface area contributed by atoms with Crippen molar-refractivity contribution < 1.29 is 0 Å².